The van der Waals surface area contributed by atoms with E-state index >= 15 is 0 Å². The fourth-order valence-electron chi connectivity index (χ4n) is 1.74. The van der Waals surface area contributed by atoms with Crippen molar-refractivity contribution >= 4 is 18.9 Å². The number of nitrogens with zero attached hydrogens (tertiary/aromatic N) is 2. The van der Waals surface area contributed by atoms with Crippen molar-refractivity contribution < 1.29 is 9.47 Å². The maximum absolute atomic E-state index is 5.97. The lowest BCUT2D eigenvalue weighted by atomic mass is 9.94. The minimum atomic E-state index is 0.0678. The fourth-order valence-corrected chi connectivity index (χ4v) is 1.74. The lowest BCUT2D eigenvalue weighted by molar-refractivity contribution is 0.138. The zero-order chi connectivity index (χ0) is 11.0. The average molecular weight is 214 g/mol. The highest BCUT2D eigenvalue weighted by atomic mass is 16.5. The van der Waals surface area contributed by atoms with Crippen molar-refractivity contribution in [1.29, 1.82) is 0 Å². The van der Waals surface area contributed by atoms with Crippen LogP contribution in [0.1, 0.15) is 18.5 Å². The maximum Gasteiger partial charge on any atom is 0.209 e. The maximum atomic E-state index is 5.97. The van der Waals surface area contributed by atoms with Crippen molar-refractivity contribution in [3.05, 3.63) is 18.1 Å². The fraction of sp³-hybridized carbons (Fsp3) is 0.455. The van der Waals surface area contributed by atoms with E-state index < -0.39 is 0 Å². The second-order valence-electron chi connectivity index (χ2n) is 3.98. The predicted octanol–water partition coefficient (Wildman–Crippen LogP) is 0.225. The number of hydrogen-bond donors (Lipinski definition) is 0. The van der Waals surface area contributed by atoms with Crippen molar-refractivity contribution in [2.24, 2.45) is 0 Å². The Hall–Kier alpha value is -1.36. The van der Waals surface area contributed by atoms with Gasteiger partial charge in [-0.25, -0.2) is 9.97 Å². The Kier molecular flexibility index (Phi) is 2.40. The number of allylic oxidation sites excluding steroid dienone is 2. The molecule has 1 atom stereocenters. The molecule has 0 N–H and O–H groups in total. The molecule has 1 aromatic heterocycles. The first-order chi connectivity index (χ1) is 7.84. The van der Waals surface area contributed by atoms with Gasteiger partial charge in [-0.1, -0.05) is 6.08 Å². The normalized spacial score (nSPS) is 23.0. The van der Waals surface area contributed by atoms with Gasteiger partial charge in [-0.05, 0) is 17.5 Å². The van der Waals surface area contributed by atoms with E-state index in [0.29, 0.717) is 17.9 Å². The van der Waals surface area contributed by atoms with Gasteiger partial charge >= 0.3 is 0 Å². The van der Waals surface area contributed by atoms with Gasteiger partial charge in [0.2, 0.25) is 5.88 Å². The van der Waals surface area contributed by atoms with Crippen LogP contribution >= 0.6 is 0 Å². The van der Waals surface area contributed by atoms with Crippen molar-refractivity contribution in [3.8, 4) is 5.88 Å². The lowest BCUT2D eigenvalue weighted by Gasteiger charge is -2.13. The van der Waals surface area contributed by atoms with Gasteiger partial charge in [0.15, 0.2) is 0 Å². The molecule has 0 amide bonds. The van der Waals surface area contributed by atoms with E-state index in [2.05, 4.69) is 16.0 Å². The Morgan fingerprint density at radius 2 is 2.31 bits per heavy atom. The summed E-state index contributed by atoms with van der Waals surface area (Å²) in [5, 5.41) is 0. The van der Waals surface area contributed by atoms with Crippen LogP contribution in [-0.2, 0) is 4.74 Å². The van der Waals surface area contributed by atoms with Gasteiger partial charge < -0.3 is 9.47 Å². The Morgan fingerprint density at radius 3 is 3.00 bits per heavy atom. The van der Waals surface area contributed by atoms with E-state index in [4.69, 9.17) is 17.3 Å². The Morgan fingerprint density at radius 1 is 1.44 bits per heavy atom. The summed E-state index contributed by atoms with van der Waals surface area (Å²) in [7, 11) is 5.97. The molecule has 0 spiro atoms. The molecule has 1 unspecified atom stereocenters. The molecule has 1 saturated heterocycles. The molecular formula is C11H11BN2O2. The highest BCUT2D eigenvalue weighted by Gasteiger charge is 2.21. The smallest absolute Gasteiger partial charge is 0.209 e. The topological polar surface area (TPSA) is 44.2 Å². The Labute approximate surface area is 95.1 Å². The minimum absolute atomic E-state index is 0.0678. The van der Waals surface area contributed by atoms with Gasteiger partial charge in [0.1, 0.15) is 20.3 Å². The highest BCUT2D eigenvalue weighted by Crippen LogP contribution is 2.28. The third-order valence-corrected chi connectivity index (χ3v) is 2.73. The van der Waals surface area contributed by atoms with E-state index in [0.717, 1.165) is 25.1 Å². The van der Waals surface area contributed by atoms with Gasteiger partial charge in [0.05, 0.1) is 18.9 Å². The molecular weight excluding hydrogens is 203 g/mol. The molecule has 0 bridgehead atoms. The summed E-state index contributed by atoms with van der Waals surface area (Å²) in [6.45, 7) is 1.36. The van der Waals surface area contributed by atoms with E-state index in [1.54, 1.807) is 0 Å². The molecule has 1 aliphatic carbocycles. The number of aromatic nitrogens is 2. The van der Waals surface area contributed by atoms with E-state index in [1.165, 1.54) is 11.9 Å². The summed E-state index contributed by atoms with van der Waals surface area (Å²) < 4.78 is 10.9. The van der Waals surface area contributed by atoms with Gasteiger partial charge in [-0.2, -0.15) is 0 Å². The molecule has 0 saturated carbocycles. The third-order valence-electron chi connectivity index (χ3n) is 2.73. The highest BCUT2D eigenvalue weighted by molar-refractivity contribution is 6.36. The first kappa shape index (κ1) is 9.84. The van der Waals surface area contributed by atoms with Crippen LogP contribution < -0.4 is 10.2 Å². The lowest BCUT2D eigenvalue weighted by Crippen LogP contribution is -2.23. The monoisotopic (exact) mass is 214 g/mol. The van der Waals surface area contributed by atoms with Crippen molar-refractivity contribution in [2.75, 3.05) is 13.2 Å². The van der Waals surface area contributed by atoms with Crippen LogP contribution in [-0.4, -0.2) is 37.1 Å². The van der Waals surface area contributed by atoms with Crippen LogP contribution in [0.15, 0.2) is 12.4 Å². The van der Waals surface area contributed by atoms with Gasteiger partial charge in [0, 0.05) is 6.42 Å². The first-order valence-corrected chi connectivity index (χ1v) is 5.39. The molecule has 2 heterocycles. The molecule has 3 rings (SSSR count). The van der Waals surface area contributed by atoms with Crippen molar-refractivity contribution in [3.63, 3.8) is 0 Å². The van der Waals surface area contributed by atoms with Crippen LogP contribution in [0.3, 0.4) is 0 Å². The quantitative estimate of drug-likeness (QED) is 0.675. The van der Waals surface area contributed by atoms with E-state index in [1.807, 2.05) is 0 Å². The second kappa shape index (κ2) is 3.90. The van der Waals surface area contributed by atoms with Crippen molar-refractivity contribution in [2.45, 2.75) is 18.9 Å². The zero-order valence-electron chi connectivity index (χ0n) is 8.85. The molecule has 2 aliphatic rings. The molecule has 1 aromatic rings. The molecule has 5 heteroatoms. The molecule has 1 fully saturated rings. The van der Waals surface area contributed by atoms with Crippen molar-refractivity contribution in [1.82, 2.24) is 9.97 Å². The van der Waals surface area contributed by atoms with Crippen LogP contribution in [0, 0.1) is 0 Å². The summed E-state index contributed by atoms with van der Waals surface area (Å²) in [4.78, 5) is 8.23. The van der Waals surface area contributed by atoms with Gasteiger partial charge in [0.25, 0.3) is 0 Å². The van der Waals surface area contributed by atoms with E-state index in [9.17, 15) is 0 Å². The zero-order valence-corrected chi connectivity index (χ0v) is 8.85. The largest absolute Gasteiger partial charge is 0.472 e. The number of rotatable bonds is 3. The summed E-state index contributed by atoms with van der Waals surface area (Å²) in [5.74, 6) is 0.480. The number of ether oxygens (including phenoxy) is 2. The molecule has 1 aliphatic heterocycles. The molecule has 80 valence electrons. The second-order valence-corrected chi connectivity index (χ2v) is 3.98. The molecule has 16 heavy (non-hydrogen) atoms. The molecule has 0 aromatic carbocycles. The standard InChI is InChI=1S/C11H11BN2O2/c12-9-10(7-1-2-7)13-6-14-11(9)16-8-3-4-15-5-8/h1,6,8H,2-5H2. The summed E-state index contributed by atoms with van der Waals surface area (Å²) in [6.07, 6.45) is 5.50. The summed E-state index contributed by atoms with van der Waals surface area (Å²) in [6, 6.07) is 0. The van der Waals surface area contributed by atoms with Crippen LogP contribution in [0.4, 0.5) is 0 Å². The first-order valence-electron chi connectivity index (χ1n) is 5.39. The van der Waals surface area contributed by atoms with Crippen LogP contribution in [0.5, 0.6) is 5.88 Å². The van der Waals surface area contributed by atoms with Gasteiger partial charge in [-0.15, -0.1) is 0 Å². The molecule has 4 nitrogen and oxygen atoms in total. The predicted molar refractivity (Wildman–Crippen MR) is 59.9 cm³/mol. The summed E-state index contributed by atoms with van der Waals surface area (Å²) in [5.41, 5.74) is 2.52. The SMILES string of the molecule is [B]c1c(OC2CCOC2)ncnc1C1=CC1. The van der Waals surface area contributed by atoms with Crippen LogP contribution in [0.2, 0.25) is 0 Å². The average Bonchev–Trinajstić information content (AvgIpc) is 3.00. The van der Waals surface area contributed by atoms with Gasteiger partial charge in [-0.3, -0.25) is 0 Å². The Balaban J connectivity index is 1.82. The minimum Gasteiger partial charge on any atom is -0.472 e. The van der Waals surface area contributed by atoms with E-state index in [-0.39, 0.29) is 6.10 Å². The third kappa shape index (κ3) is 1.83. The van der Waals surface area contributed by atoms with Crippen LogP contribution in [0.25, 0.3) is 5.57 Å². The molecule has 2 radical (unpaired) electrons. The Bertz CT molecular complexity index is 442. The summed E-state index contributed by atoms with van der Waals surface area (Å²) >= 11 is 0. The number of hydrogen-bond acceptors (Lipinski definition) is 4.